The van der Waals surface area contributed by atoms with Gasteiger partial charge in [0.2, 0.25) is 0 Å². The van der Waals surface area contributed by atoms with Gasteiger partial charge in [-0.15, -0.1) is 0 Å². The second-order valence-corrected chi connectivity index (χ2v) is 6.23. The zero-order valence-corrected chi connectivity index (χ0v) is 14.2. The Morgan fingerprint density at radius 1 is 0.958 bits per heavy atom. The lowest BCUT2D eigenvalue weighted by atomic mass is 10.1. The molecule has 120 valence electrons. The van der Waals surface area contributed by atoms with Crippen LogP contribution >= 0.6 is 0 Å². The molecule has 4 aromatic rings. The van der Waals surface area contributed by atoms with Gasteiger partial charge in [-0.3, -0.25) is 4.98 Å². The van der Waals surface area contributed by atoms with Gasteiger partial charge in [-0.1, -0.05) is 30.3 Å². The van der Waals surface area contributed by atoms with E-state index in [-0.39, 0.29) is 0 Å². The molecule has 0 spiro atoms. The van der Waals surface area contributed by atoms with Gasteiger partial charge in [0.1, 0.15) is 5.82 Å². The van der Waals surface area contributed by atoms with Crippen molar-refractivity contribution >= 4 is 27.6 Å². The summed E-state index contributed by atoms with van der Waals surface area (Å²) < 4.78 is 2.17. The van der Waals surface area contributed by atoms with Crippen LogP contribution in [0.5, 0.6) is 0 Å². The summed E-state index contributed by atoms with van der Waals surface area (Å²) in [5, 5.41) is 1.17. The number of benzene rings is 2. The fourth-order valence-corrected chi connectivity index (χ4v) is 3.24. The van der Waals surface area contributed by atoms with Crippen molar-refractivity contribution in [2.24, 2.45) is 7.05 Å². The molecular formula is C20H20N4. The van der Waals surface area contributed by atoms with E-state index in [9.17, 15) is 0 Å². The first-order valence-electron chi connectivity index (χ1n) is 8.11. The summed E-state index contributed by atoms with van der Waals surface area (Å²) in [4.78, 5) is 11.7. The topological polar surface area (TPSA) is 34.0 Å². The molecule has 4 rings (SSSR count). The molecule has 0 amide bonds. The standard InChI is InChI=1S/C20H20N4/c1-14-12-19(15-8-4-5-9-16(15)21-14)23(2)13-20-22-17-10-6-7-11-18(17)24(20)3/h4-12H,13H2,1-3H3. The molecule has 0 aliphatic heterocycles. The van der Waals surface area contributed by atoms with Gasteiger partial charge in [-0.05, 0) is 31.2 Å². The van der Waals surface area contributed by atoms with Gasteiger partial charge in [0.25, 0.3) is 0 Å². The van der Waals surface area contributed by atoms with Gasteiger partial charge in [-0.2, -0.15) is 0 Å². The fraction of sp³-hybridized carbons (Fsp3) is 0.200. The molecule has 0 N–H and O–H groups in total. The second kappa shape index (κ2) is 5.64. The van der Waals surface area contributed by atoms with Crippen LogP contribution in [0.2, 0.25) is 0 Å². The van der Waals surface area contributed by atoms with Crippen molar-refractivity contribution in [1.29, 1.82) is 0 Å². The number of hydrogen-bond acceptors (Lipinski definition) is 3. The smallest absolute Gasteiger partial charge is 0.129 e. The van der Waals surface area contributed by atoms with Crippen LogP contribution in [0.15, 0.2) is 54.6 Å². The fourth-order valence-electron chi connectivity index (χ4n) is 3.24. The number of aromatic nitrogens is 3. The zero-order valence-electron chi connectivity index (χ0n) is 14.2. The molecule has 0 radical (unpaired) electrons. The molecule has 2 heterocycles. The Bertz CT molecular complexity index is 1030. The van der Waals surface area contributed by atoms with Crippen LogP contribution in [0, 0.1) is 6.92 Å². The highest BCUT2D eigenvalue weighted by Gasteiger charge is 2.13. The lowest BCUT2D eigenvalue weighted by molar-refractivity contribution is 0.777. The third-order valence-electron chi connectivity index (χ3n) is 4.49. The normalized spacial score (nSPS) is 11.3. The van der Waals surface area contributed by atoms with Crippen LogP contribution in [0.3, 0.4) is 0 Å². The molecule has 0 fully saturated rings. The van der Waals surface area contributed by atoms with E-state index in [2.05, 4.69) is 71.0 Å². The predicted octanol–water partition coefficient (Wildman–Crippen LogP) is 4.07. The molecule has 4 heteroatoms. The van der Waals surface area contributed by atoms with E-state index in [1.807, 2.05) is 19.1 Å². The van der Waals surface area contributed by atoms with Crippen LogP contribution in [0.25, 0.3) is 21.9 Å². The summed E-state index contributed by atoms with van der Waals surface area (Å²) >= 11 is 0. The molecular weight excluding hydrogens is 296 g/mol. The first-order valence-corrected chi connectivity index (χ1v) is 8.11. The largest absolute Gasteiger partial charge is 0.367 e. The molecule has 24 heavy (non-hydrogen) atoms. The maximum absolute atomic E-state index is 4.79. The number of hydrogen-bond donors (Lipinski definition) is 0. The molecule has 2 aromatic carbocycles. The minimum absolute atomic E-state index is 0.749. The molecule has 0 aliphatic carbocycles. The molecule has 0 bridgehead atoms. The predicted molar refractivity (Wildman–Crippen MR) is 99.3 cm³/mol. The maximum atomic E-state index is 4.79. The van der Waals surface area contributed by atoms with Gasteiger partial charge < -0.3 is 9.47 Å². The molecule has 0 atom stereocenters. The van der Waals surface area contributed by atoms with Gasteiger partial charge in [0, 0.05) is 30.9 Å². The average molecular weight is 316 g/mol. The Morgan fingerprint density at radius 3 is 2.46 bits per heavy atom. The first kappa shape index (κ1) is 14.7. The third kappa shape index (κ3) is 2.40. The van der Waals surface area contributed by atoms with Crippen molar-refractivity contribution in [3.8, 4) is 0 Å². The van der Waals surface area contributed by atoms with Gasteiger partial charge in [0.15, 0.2) is 0 Å². The summed E-state index contributed by atoms with van der Waals surface area (Å²) in [7, 11) is 4.19. The number of anilines is 1. The lowest BCUT2D eigenvalue weighted by Crippen LogP contribution is -2.19. The van der Waals surface area contributed by atoms with Crippen molar-refractivity contribution in [3.63, 3.8) is 0 Å². The lowest BCUT2D eigenvalue weighted by Gasteiger charge is -2.21. The summed E-state index contributed by atoms with van der Waals surface area (Å²) in [6.45, 7) is 2.79. The van der Waals surface area contributed by atoms with Crippen molar-refractivity contribution in [2.75, 3.05) is 11.9 Å². The number of para-hydroxylation sites is 3. The monoisotopic (exact) mass is 316 g/mol. The highest BCUT2D eigenvalue weighted by Crippen LogP contribution is 2.27. The zero-order chi connectivity index (χ0) is 16.7. The van der Waals surface area contributed by atoms with Gasteiger partial charge >= 0.3 is 0 Å². The van der Waals surface area contributed by atoms with Crippen LogP contribution in [0.1, 0.15) is 11.5 Å². The molecule has 0 saturated heterocycles. The van der Waals surface area contributed by atoms with E-state index in [4.69, 9.17) is 4.98 Å². The average Bonchev–Trinajstić information content (AvgIpc) is 2.90. The Morgan fingerprint density at radius 2 is 1.67 bits per heavy atom. The van der Waals surface area contributed by atoms with Crippen molar-refractivity contribution < 1.29 is 0 Å². The van der Waals surface area contributed by atoms with Crippen molar-refractivity contribution in [2.45, 2.75) is 13.5 Å². The number of pyridine rings is 1. The van der Waals surface area contributed by atoms with E-state index >= 15 is 0 Å². The summed E-state index contributed by atoms with van der Waals surface area (Å²) in [5.74, 6) is 1.05. The van der Waals surface area contributed by atoms with Crippen molar-refractivity contribution in [3.05, 3.63) is 66.1 Å². The Balaban J connectivity index is 1.76. The number of imidazole rings is 1. The third-order valence-corrected chi connectivity index (χ3v) is 4.49. The van der Waals surface area contributed by atoms with E-state index in [0.717, 1.165) is 34.6 Å². The summed E-state index contributed by atoms with van der Waals surface area (Å²) in [6.07, 6.45) is 0. The molecule has 0 aliphatic rings. The van der Waals surface area contributed by atoms with E-state index in [0.29, 0.717) is 0 Å². The SMILES string of the molecule is Cc1cc(N(C)Cc2nc3ccccc3n2C)c2ccccc2n1. The van der Waals surface area contributed by atoms with Crippen LogP contribution in [-0.2, 0) is 13.6 Å². The minimum atomic E-state index is 0.749. The molecule has 2 aromatic heterocycles. The first-order chi connectivity index (χ1) is 11.6. The summed E-state index contributed by atoms with van der Waals surface area (Å²) in [5.41, 5.74) is 5.45. The molecule has 0 saturated carbocycles. The number of nitrogens with zero attached hydrogens (tertiary/aromatic N) is 4. The van der Waals surface area contributed by atoms with Gasteiger partial charge in [0.05, 0.1) is 23.1 Å². The Labute approximate surface area is 141 Å². The minimum Gasteiger partial charge on any atom is -0.367 e. The van der Waals surface area contributed by atoms with E-state index in [1.165, 1.54) is 11.1 Å². The van der Waals surface area contributed by atoms with Gasteiger partial charge in [-0.25, -0.2) is 4.98 Å². The van der Waals surface area contributed by atoms with Crippen LogP contribution in [0.4, 0.5) is 5.69 Å². The second-order valence-electron chi connectivity index (χ2n) is 6.23. The quantitative estimate of drug-likeness (QED) is 0.571. The van der Waals surface area contributed by atoms with E-state index < -0.39 is 0 Å². The molecule has 0 unspecified atom stereocenters. The Hall–Kier alpha value is -2.88. The highest BCUT2D eigenvalue weighted by atomic mass is 15.2. The number of rotatable bonds is 3. The Kier molecular flexibility index (Phi) is 3.45. The maximum Gasteiger partial charge on any atom is 0.129 e. The van der Waals surface area contributed by atoms with Crippen LogP contribution < -0.4 is 4.90 Å². The number of aryl methyl sites for hydroxylation is 2. The highest BCUT2D eigenvalue weighted by molar-refractivity contribution is 5.91. The van der Waals surface area contributed by atoms with Crippen LogP contribution in [-0.4, -0.2) is 21.6 Å². The summed E-state index contributed by atoms with van der Waals surface area (Å²) in [6, 6.07) is 18.7. The van der Waals surface area contributed by atoms with E-state index in [1.54, 1.807) is 0 Å². The van der Waals surface area contributed by atoms with Crippen molar-refractivity contribution in [1.82, 2.24) is 14.5 Å². The molecule has 4 nitrogen and oxygen atoms in total. The number of fused-ring (bicyclic) bond motifs is 2.